The molecular weight excluding hydrogens is 1000 g/mol. The number of aliphatic hydroxyl groups is 1. The van der Waals surface area contributed by atoms with Crippen LogP contribution in [0.2, 0.25) is 0 Å². The molecule has 0 bridgehead atoms. The maximum atomic E-state index is 12.9. The molecule has 3 unspecified atom stereocenters. The fourth-order valence-electron chi connectivity index (χ4n) is 7.09. The van der Waals surface area contributed by atoms with Crippen molar-refractivity contribution in [3.05, 3.63) is 158 Å². The third-order valence-corrected chi connectivity index (χ3v) is 12.4. The highest BCUT2D eigenvalue weighted by molar-refractivity contribution is 7.47. The highest BCUT2D eigenvalue weighted by atomic mass is 31.2. The molecule has 11 nitrogen and oxygen atoms in total. The molecule has 438 valence electrons. The largest absolute Gasteiger partial charge is 0.472 e. The first kappa shape index (κ1) is 73.1. The lowest BCUT2D eigenvalue weighted by Crippen LogP contribution is -2.30. The number of ether oxygens (including phenoxy) is 3. The zero-order valence-electron chi connectivity index (χ0n) is 48.3. The highest BCUT2D eigenvalue weighted by Crippen LogP contribution is 2.43. The van der Waals surface area contributed by atoms with E-state index in [1.54, 1.807) is 0 Å². The molecule has 12 heteroatoms. The summed E-state index contributed by atoms with van der Waals surface area (Å²) < 4.78 is 39.4. The first-order chi connectivity index (χ1) is 38.2. The van der Waals surface area contributed by atoms with Gasteiger partial charge in [0.2, 0.25) is 0 Å². The van der Waals surface area contributed by atoms with E-state index in [2.05, 4.69) is 154 Å². The predicted molar refractivity (Wildman–Crippen MR) is 325 cm³/mol. The molecule has 0 rings (SSSR count). The van der Waals surface area contributed by atoms with Crippen LogP contribution in [0.4, 0.5) is 0 Å². The minimum Gasteiger partial charge on any atom is -0.462 e. The Morgan fingerprint density at radius 2 is 0.641 bits per heavy atom. The van der Waals surface area contributed by atoms with Gasteiger partial charge in [0.25, 0.3) is 0 Å². The van der Waals surface area contributed by atoms with Crippen LogP contribution in [0.3, 0.4) is 0 Å². The van der Waals surface area contributed by atoms with E-state index in [4.69, 9.17) is 23.3 Å². The summed E-state index contributed by atoms with van der Waals surface area (Å²) in [7, 11) is -4.79. The summed E-state index contributed by atoms with van der Waals surface area (Å²) >= 11 is 0. The number of carbonyl (C=O) groups excluding carboxylic acids is 3. The maximum absolute atomic E-state index is 12.9. The van der Waals surface area contributed by atoms with Crippen molar-refractivity contribution < 1.29 is 52.2 Å². The highest BCUT2D eigenvalue weighted by Gasteiger charge is 2.28. The van der Waals surface area contributed by atoms with Crippen molar-refractivity contribution in [3.63, 3.8) is 0 Å². The number of carbonyl (C=O) groups is 3. The number of aliphatic hydroxyl groups excluding tert-OH is 1. The summed E-state index contributed by atoms with van der Waals surface area (Å²) in [5.41, 5.74) is 0. The Bertz CT molecular complexity index is 1910. The number of unbranched alkanes of at least 4 members (excludes halogenated alkanes) is 9. The number of hydrogen-bond acceptors (Lipinski definition) is 10. The normalized spacial score (nSPS) is 14.5. The van der Waals surface area contributed by atoms with Crippen LogP contribution in [0.15, 0.2) is 158 Å². The zero-order valence-corrected chi connectivity index (χ0v) is 49.2. The topological polar surface area (TPSA) is 155 Å². The van der Waals surface area contributed by atoms with Gasteiger partial charge in [-0.2, -0.15) is 0 Å². The summed E-state index contributed by atoms with van der Waals surface area (Å²) in [5.74, 6) is -1.64. The van der Waals surface area contributed by atoms with Crippen molar-refractivity contribution in [2.45, 2.75) is 213 Å². The van der Waals surface area contributed by atoms with E-state index in [0.29, 0.717) is 32.1 Å². The molecule has 0 aliphatic heterocycles. The van der Waals surface area contributed by atoms with E-state index in [9.17, 15) is 28.9 Å². The molecule has 0 radical (unpaired) electrons. The second kappa shape index (κ2) is 58.3. The minimum absolute atomic E-state index is 0.0670. The van der Waals surface area contributed by atoms with Gasteiger partial charge in [-0.1, -0.05) is 211 Å². The van der Waals surface area contributed by atoms with Crippen LogP contribution in [0.1, 0.15) is 201 Å². The lowest BCUT2D eigenvalue weighted by atomic mass is 10.1. The molecule has 0 saturated heterocycles. The number of phosphoric acid groups is 1. The van der Waals surface area contributed by atoms with Crippen molar-refractivity contribution in [2.24, 2.45) is 0 Å². The van der Waals surface area contributed by atoms with Gasteiger partial charge in [0.15, 0.2) is 6.10 Å². The molecule has 0 heterocycles. The molecule has 0 aromatic carbocycles. The molecule has 0 aliphatic rings. The predicted octanol–water partition coefficient (Wildman–Crippen LogP) is 17.7. The van der Waals surface area contributed by atoms with Gasteiger partial charge in [-0.15, -0.1) is 0 Å². The van der Waals surface area contributed by atoms with Crippen molar-refractivity contribution in [1.29, 1.82) is 0 Å². The van der Waals surface area contributed by atoms with Gasteiger partial charge in [-0.3, -0.25) is 23.4 Å². The Hall–Kier alpha value is -4.90. The number of phosphoric ester groups is 1. The Morgan fingerprint density at radius 1 is 0.359 bits per heavy atom. The molecule has 0 aromatic heterocycles. The molecular formula is C66H103O11P. The van der Waals surface area contributed by atoms with Gasteiger partial charge in [0, 0.05) is 19.3 Å². The molecule has 0 spiro atoms. The molecule has 3 atom stereocenters. The van der Waals surface area contributed by atoms with Gasteiger partial charge >= 0.3 is 25.7 Å². The molecule has 0 aromatic rings. The first-order valence-electron chi connectivity index (χ1n) is 29.4. The summed E-state index contributed by atoms with van der Waals surface area (Å²) in [4.78, 5) is 48.6. The minimum atomic E-state index is -4.79. The van der Waals surface area contributed by atoms with Crippen LogP contribution in [-0.4, -0.2) is 66.5 Å². The Kier molecular flexibility index (Phi) is 54.6. The van der Waals surface area contributed by atoms with E-state index in [0.717, 1.165) is 122 Å². The van der Waals surface area contributed by atoms with E-state index in [1.807, 2.05) is 24.3 Å². The number of esters is 3. The van der Waals surface area contributed by atoms with Gasteiger partial charge in [-0.05, 0) is 128 Å². The van der Waals surface area contributed by atoms with E-state index in [-0.39, 0.29) is 19.3 Å². The van der Waals surface area contributed by atoms with E-state index in [1.165, 1.54) is 6.42 Å². The molecule has 2 N–H and O–H groups in total. The third kappa shape index (κ3) is 55.8. The molecule has 0 amide bonds. The van der Waals surface area contributed by atoms with Gasteiger partial charge in [-0.25, -0.2) is 4.57 Å². The summed E-state index contributed by atoms with van der Waals surface area (Å²) in [6.45, 7) is 4.14. The second-order valence-corrected chi connectivity index (χ2v) is 20.1. The van der Waals surface area contributed by atoms with E-state index >= 15 is 0 Å². The SMILES string of the molecule is CC/C=C\C/C=C\C/C=C\C/C=C\C/C=C\CCCC(=O)OCC(COP(=O)(O)OCC(CO)OC(=O)CCCCCCCCC/C=C\C/C=C\C/C=C\CC)OC(=O)CCC/C=C\C/C=C\C/C=C\C/C=C\C/C=C\CC. The Labute approximate surface area is 473 Å². The summed E-state index contributed by atoms with van der Waals surface area (Å²) in [6.07, 6.45) is 76.4. The lowest BCUT2D eigenvalue weighted by molar-refractivity contribution is -0.161. The van der Waals surface area contributed by atoms with Crippen LogP contribution < -0.4 is 0 Å². The average Bonchev–Trinajstić information content (AvgIpc) is 3.43. The Morgan fingerprint density at radius 3 is 1.01 bits per heavy atom. The number of allylic oxidation sites excluding steroid dienone is 26. The first-order valence-corrected chi connectivity index (χ1v) is 30.9. The van der Waals surface area contributed by atoms with E-state index < -0.39 is 64.4 Å². The van der Waals surface area contributed by atoms with Crippen LogP contribution in [0.5, 0.6) is 0 Å². The van der Waals surface area contributed by atoms with Gasteiger partial charge in [0.05, 0.1) is 19.8 Å². The fraction of sp³-hybridized carbons (Fsp3) is 0.561. The molecule has 0 fully saturated rings. The summed E-state index contributed by atoms with van der Waals surface area (Å²) in [6, 6.07) is 0. The maximum Gasteiger partial charge on any atom is 0.472 e. The van der Waals surface area contributed by atoms with Crippen LogP contribution in [0, 0.1) is 0 Å². The zero-order chi connectivity index (χ0) is 56.9. The van der Waals surface area contributed by atoms with Gasteiger partial charge < -0.3 is 24.2 Å². The van der Waals surface area contributed by atoms with Crippen molar-refractivity contribution >= 4 is 25.7 Å². The second-order valence-electron chi connectivity index (χ2n) is 18.7. The van der Waals surface area contributed by atoms with Crippen LogP contribution in [0.25, 0.3) is 0 Å². The Balaban J connectivity index is 4.90. The fourth-order valence-corrected chi connectivity index (χ4v) is 7.87. The molecule has 0 saturated carbocycles. The third-order valence-electron chi connectivity index (χ3n) is 11.4. The van der Waals surface area contributed by atoms with Crippen LogP contribution in [-0.2, 0) is 42.2 Å². The van der Waals surface area contributed by atoms with Crippen LogP contribution >= 0.6 is 7.82 Å². The van der Waals surface area contributed by atoms with Crippen molar-refractivity contribution in [3.8, 4) is 0 Å². The molecule has 0 aliphatic carbocycles. The average molecular weight is 1100 g/mol. The summed E-state index contributed by atoms with van der Waals surface area (Å²) in [5, 5.41) is 9.83. The smallest absolute Gasteiger partial charge is 0.462 e. The molecule has 78 heavy (non-hydrogen) atoms. The number of hydrogen-bond donors (Lipinski definition) is 2. The monoisotopic (exact) mass is 1100 g/mol. The number of rotatable bonds is 52. The van der Waals surface area contributed by atoms with Crippen molar-refractivity contribution in [2.75, 3.05) is 26.4 Å². The lowest BCUT2D eigenvalue weighted by Gasteiger charge is -2.21. The van der Waals surface area contributed by atoms with Crippen molar-refractivity contribution in [1.82, 2.24) is 0 Å². The standard InChI is InChI=1S/C66H103O11P/c1-4-7-10-13-16-19-22-25-28-31-34-37-40-43-46-49-52-55-64(68)73-59-63(77-66(70)57-54-51-48-45-42-39-36-33-30-27-24-21-18-15-12-9-6-3)61-75-78(71,72)74-60-62(58-67)76-65(69)56-53-50-47-44-41-38-35-32-29-26-23-20-17-14-11-8-5-2/h7-12,16-21,25-30,34,36-37,39,43,45-46,48,62-63,67H,4-6,13-15,22-24,31-33,35,38,40-42,44,47,49-61H2,1-3H3,(H,71,72)/b10-7-,11-8-,12-9-,19-16-,20-17-,21-18-,28-25-,29-26-,30-27-,37-34-,39-36-,46-43-,48-45-. The quantitative estimate of drug-likeness (QED) is 0.0197. The van der Waals surface area contributed by atoms with Gasteiger partial charge in [0.1, 0.15) is 12.7 Å².